The number of carbonyl (C=O) groups is 5. The van der Waals surface area contributed by atoms with E-state index in [0.717, 1.165) is 5.56 Å². The molecule has 0 aliphatic carbocycles. The summed E-state index contributed by atoms with van der Waals surface area (Å²) in [6, 6.07) is 7.44. The number of aryl methyl sites for hydroxylation is 1. The van der Waals surface area contributed by atoms with Crippen molar-refractivity contribution in [1.29, 1.82) is 0 Å². The molecule has 3 atom stereocenters. The monoisotopic (exact) mass is 594 g/mol. The molecule has 4 N–H and O–H groups in total. The van der Waals surface area contributed by atoms with E-state index < -0.39 is 18.1 Å². The van der Waals surface area contributed by atoms with Gasteiger partial charge in [0.2, 0.25) is 29.5 Å². The van der Waals surface area contributed by atoms with E-state index in [0.29, 0.717) is 57.0 Å². The molecule has 2 aliphatic rings. The minimum atomic E-state index is -0.859. The lowest BCUT2D eigenvalue weighted by atomic mass is 10.0. The molecular weight excluding hydrogens is 552 g/mol. The van der Waals surface area contributed by atoms with Crippen LogP contribution in [0.15, 0.2) is 30.3 Å². The largest absolute Gasteiger partial charge is 0.354 e. The van der Waals surface area contributed by atoms with Crippen molar-refractivity contribution in [2.75, 3.05) is 19.6 Å². The van der Waals surface area contributed by atoms with E-state index >= 15 is 0 Å². The van der Waals surface area contributed by atoms with Crippen molar-refractivity contribution in [3.63, 3.8) is 0 Å². The summed E-state index contributed by atoms with van der Waals surface area (Å²) >= 11 is 0. The van der Waals surface area contributed by atoms with Crippen LogP contribution in [0.5, 0.6) is 0 Å². The average Bonchev–Trinajstić information content (AvgIpc) is 3.56. The molecular formula is C30H42N8O5. The number of hydrogen-bond acceptors (Lipinski definition) is 7. The van der Waals surface area contributed by atoms with Crippen molar-refractivity contribution in [2.45, 2.75) is 84.0 Å². The van der Waals surface area contributed by atoms with Gasteiger partial charge in [-0.15, -0.1) is 0 Å². The van der Waals surface area contributed by atoms with E-state index in [4.69, 9.17) is 0 Å². The van der Waals surface area contributed by atoms with Crippen molar-refractivity contribution < 1.29 is 24.0 Å². The van der Waals surface area contributed by atoms with Gasteiger partial charge in [-0.1, -0.05) is 44.2 Å². The molecule has 0 radical (unpaired) electrons. The van der Waals surface area contributed by atoms with Gasteiger partial charge in [0.05, 0.1) is 6.04 Å². The SMILES string of the molecule is Cc1nc2n(n1)CC(=O)NCCCN(C(=O)[C@H]1CCC(=O)N1)CCCC(=O)N[C@H](Cc1ccccc1)C(=O)N[C@H]2C(C)C. The fraction of sp³-hybridized carbons (Fsp3) is 0.567. The lowest BCUT2D eigenvalue weighted by Crippen LogP contribution is -2.50. The summed E-state index contributed by atoms with van der Waals surface area (Å²) in [6.07, 6.45) is 1.99. The molecule has 4 rings (SSSR count). The molecule has 2 aromatic rings. The van der Waals surface area contributed by atoms with E-state index in [9.17, 15) is 24.0 Å². The summed E-state index contributed by atoms with van der Waals surface area (Å²) in [7, 11) is 0. The van der Waals surface area contributed by atoms with Gasteiger partial charge < -0.3 is 26.2 Å². The lowest BCUT2D eigenvalue weighted by Gasteiger charge is -2.27. The third-order valence-electron chi connectivity index (χ3n) is 7.64. The summed E-state index contributed by atoms with van der Waals surface area (Å²) in [5.41, 5.74) is 0.886. The zero-order chi connectivity index (χ0) is 30.9. The van der Waals surface area contributed by atoms with Gasteiger partial charge in [-0.25, -0.2) is 9.67 Å². The third-order valence-corrected chi connectivity index (χ3v) is 7.64. The Balaban J connectivity index is 1.58. The Morgan fingerprint density at radius 3 is 2.37 bits per heavy atom. The molecule has 13 heteroatoms. The first-order chi connectivity index (χ1) is 20.6. The van der Waals surface area contributed by atoms with E-state index in [2.05, 4.69) is 31.3 Å². The number of hydrogen-bond donors (Lipinski definition) is 4. The maximum atomic E-state index is 13.7. The number of rotatable bonds is 4. The summed E-state index contributed by atoms with van der Waals surface area (Å²) in [5, 5.41) is 16.0. The second-order valence-electron chi connectivity index (χ2n) is 11.5. The predicted octanol–water partition coefficient (Wildman–Crippen LogP) is 0.535. The van der Waals surface area contributed by atoms with Crippen LogP contribution in [0.25, 0.3) is 0 Å². The Morgan fingerprint density at radius 1 is 0.953 bits per heavy atom. The highest BCUT2D eigenvalue weighted by Gasteiger charge is 2.32. The van der Waals surface area contributed by atoms with Crippen LogP contribution in [-0.2, 0) is 36.9 Å². The van der Waals surface area contributed by atoms with Crippen molar-refractivity contribution in [3.8, 4) is 0 Å². The Kier molecular flexibility index (Phi) is 10.8. The van der Waals surface area contributed by atoms with Crippen LogP contribution < -0.4 is 21.3 Å². The van der Waals surface area contributed by atoms with E-state index in [1.54, 1.807) is 11.8 Å². The molecule has 43 heavy (non-hydrogen) atoms. The van der Waals surface area contributed by atoms with Crippen molar-refractivity contribution in [1.82, 2.24) is 40.9 Å². The Bertz CT molecular complexity index is 1310. The molecule has 13 nitrogen and oxygen atoms in total. The molecule has 0 saturated carbocycles. The van der Waals surface area contributed by atoms with Crippen LogP contribution in [0.2, 0.25) is 0 Å². The Labute approximate surface area is 251 Å². The number of carbonyl (C=O) groups excluding carboxylic acids is 5. The van der Waals surface area contributed by atoms with Crippen LogP contribution in [0.4, 0.5) is 0 Å². The van der Waals surface area contributed by atoms with Gasteiger partial charge in [0.1, 0.15) is 24.5 Å². The molecule has 1 saturated heterocycles. The first-order valence-corrected chi connectivity index (χ1v) is 15.0. The molecule has 3 heterocycles. The van der Waals surface area contributed by atoms with E-state index in [1.807, 2.05) is 44.2 Å². The molecule has 5 amide bonds. The zero-order valence-electron chi connectivity index (χ0n) is 25.1. The number of amides is 5. The number of benzene rings is 1. The molecule has 0 bridgehead atoms. The minimum Gasteiger partial charge on any atom is -0.354 e. The molecule has 1 aromatic carbocycles. The minimum absolute atomic E-state index is 0.0822. The predicted molar refractivity (Wildman–Crippen MR) is 157 cm³/mol. The van der Waals surface area contributed by atoms with Gasteiger partial charge in [-0.05, 0) is 37.7 Å². The van der Waals surface area contributed by atoms with Crippen LogP contribution in [0.1, 0.15) is 69.2 Å². The Hall–Kier alpha value is -4.29. The van der Waals surface area contributed by atoms with E-state index in [-0.39, 0.29) is 54.8 Å². The first-order valence-electron chi connectivity index (χ1n) is 15.0. The van der Waals surface area contributed by atoms with Crippen LogP contribution in [0.3, 0.4) is 0 Å². The third kappa shape index (κ3) is 8.85. The number of nitrogens with one attached hydrogen (secondary N) is 4. The number of fused-ring (bicyclic) bond motifs is 1. The van der Waals surface area contributed by atoms with Gasteiger partial charge in [0, 0.05) is 38.9 Å². The molecule has 2 aliphatic heterocycles. The van der Waals surface area contributed by atoms with Crippen molar-refractivity contribution >= 4 is 29.5 Å². The summed E-state index contributed by atoms with van der Waals surface area (Å²) < 4.78 is 1.50. The standard InChI is InChI=1S/C30H42N8O5/c1-19(2)27-28-32-20(3)36-38(28)18-26(41)31-14-8-16-37(30(43)22-12-13-25(40)33-22)15-7-11-24(39)34-23(29(42)35-27)17-21-9-5-4-6-10-21/h4-6,9-10,19,22-23,27H,7-8,11-18H2,1-3H3,(H,31,41)(H,33,40)(H,34,39)(H,35,42)/t22-,23-,27+/m1/s1. The fourth-order valence-electron chi connectivity index (χ4n) is 5.40. The van der Waals surface area contributed by atoms with Crippen LogP contribution in [-0.4, -0.2) is 80.9 Å². The topological polar surface area (TPSA) is 167 Å². The Morgan fingerprint density at radius 2 is 1.67 bits per heavy atom. The van der Waals surface area contributed by atoms with Crippen LogP contribution >= 0.6 is 0 Å². The highest BCUT2D eigenvalue weighted by molar-refractivity contribution is 5.91. The second-order valence-corrected chi connectivity index (χ2v) is 11.5. The van der Waals surface area contributed by atoms with Crippen LogP contribution in [0, 0.1) is 12.8 Å². The molecule has 0 spiro atoms. The maximum absolute atomic E-state index is 13.7. The van der Waals surface area contributed by atoms with E-state index in [1.165, 1.54) is 4.68 Å². The lowest BCUT2D eigenvalue weighted by molar-refractivity contribution is -0.135. The fourth-order valence-corrected chi connectivity index (χ4v) is 5.40. The molecule has 1 fully saturated rings. The highest BCUT2D eigenvalue weighted by atomic mass is 16.2. The van der Waals surface area contributed by atoms with Gasteiger partial charge in [0.25, 0.3) is 0 Å². The highest BCUT2D eigenvalue weighted by Crippen LogP contribution is 2.21. The number of aromatic nitrogens is 3. The summed E-state index contributed by atoms with van der Waals surface area (Å²) in [4.78, 5) is 70.8. The molecule has 1 aromatic heterocycles. The van der Waals surface area contributed by atoms with Gasteiger partial charge in [-0.3, -0.25) is 24.0 Å². The quantitative estimate of drug-likeness (QED) is 0.401. The van der Waals surface area contributed by atoms with Crippen molar-refractivity contribution in [2.24, 2.45) is 5.92 Å². The maximum Gasteiger partial charge on any atom is 0.245 e. The van der Waals surface area contributed by atoms with Crippen molar-refractivity contribution in [3.05, 3.63) is 47.5 Å². The summed E-state index contributed by atoms with van der Waals surface area (Å²) in [5.74, 6) is -0.452. The zero-order valence-corrected chi connectivity index (χ0v) is 25.1. The smallest absolute Gasteiger partial charge is 0.245 e. The van der Waals surface area contributed by atoms with Gasteiger partial charge in [0.15, 0.2) is 5.82 Å². The molecule has 232 valence electrons. The van der Waals surface area contributed by atoms with Gasteiger partial charge >= 0.3 is 0 Å². The average molecular weight is 595 g/mol. The second kappa shape index (κ2) is 14.7. The van der Waals surface area contributed by atoms with Gasteiger partial charge in [-0.2, -0.15) is 5.10 Å². The molecule has 0 unspecified atom stereocenters. The first kappa shape index (κ1) is 31.6. The number of nitrogens with zero attached hydrogens (tertiary/aromatic N) is 4. The normalized spacial score (nSPS) is 23.0. The summed E-state index contributed by atoms with van der Waals surface area (Å²) in [6.45, 7) is 6.52.